The van der Waals surface area contributed by atoms with Crippen molar-refractivity contribution in [3.63, 3.8) is 0 Å². The van der Waals surface area contributed by atoms with E-state index in [-0.39, 0.29) is 17.2 Å². The molecule has 0 spiro atoms. The maximum atomic E-state index is 12.6. The molecule has 1 aromatic carbocycles. The van der Waals surface area contributed by atoms with Crippen LogP contribution in [-0.4, -0.2) is 42.6 Å². The van der Waals surface area contributed by atoms with Crippen LogP contribution in [0.2, 0.25) is 0 Å². The van der Waals surface area contributed by atoms with Gasteiger partial charge in [0.25, 0.3) is 0 Å². The number of aromatic nitrogens is 1. The standard InChI is InChI=1S/C18H22N2O2S2/c1-18(6-3-7-20(18)2)9-14-12-24(21,22)17-5-4-13(8-16(14)17)15-10-19-23-11-15/h4-5,8,10-11,14H,3,6-7,9,12H2,1-2H3. The summed E-state index contributed by atoms with van der Waals surface area (Å²) in [6, 6.07) is 5.77. The molecule has 4 rings (SSSR count). The van der Waals surface area contributed by atoms with E-state index in [0.717, 1.165) is 36.1 Å². The van der Waals surface area contributed by atoms with Gasteiger partial charge in [-0.3, -0.25) is 0 Å². The minimum absolute atomic E-state index is 0.0853. The lowest BCUT2D eigenvalue weighted by Crippen LogP contribution is -2.39. The molecule has 1 saturated heterocycles. The van der Waals surface area contributed by atoms with E-state index in [1.54, 1.807) is 6.07 Å². The summed E-state index contributed by atoms with van der Waals surface area (Å²) in [5.41, 5.74) is 3.23. The molecule has 2 unspecified atom stereocenters. The fourth-order valence-corrected chi connectivity index (χ4v) is 6.65. The third kappa shape index (κ3) is 2.61. The van der Waals surface area contributed by atoms with Gasteiger partial charge < -0.3 is 4.90 Å². The molecule has 128 valence electrons. The predicted octanol–water partition coefficient (Wildman–Crippen LogP) is 3.56. The van der Waals surface area contributed by atoms with Gasteiger partial charge in [-0.25, -0.2) is 12.8 Å². The Bertz CT molecular complexity index is 861. The summed E-state index contributed by atoms with van der Waals surface area (Å²) in [6.07, 6.45) is 5.08. The average molecular weight is 363 g/mol. The first-order valence-electron chi connectivity index (χ1n) is 8.37. The third-order valence-electron chi connectivity index (χ3n) is 5.79. The highest BCUT2D eigenvalue weighted by Gasteiger charge is 2.42. The van der Waals surface area contributed by atoms with E-state index in [4.69, 9.17) is 0 Å². The quantitative estimate of drug-likeness (QED) is 0.838. The Morgan fingerprint density at radius 3 is 2.88 bits per heavy atom. The molecule has 6 heteroatoms. The maximum absolute atomic E-state index is 12.6. The van der Waals surface area contributed by atoms with E-state index in [1.807, 2.05) is 17.6 Å². The van der Waals surface area contributed by atoms with Crippen LogP contribution in [0.5, 0.6) is 0 Å². The van der Waals surface area contributed by atoms with Gasteiger partial charge in [0.05, 0.1) is 10.6 Å². The molecule has 0 amide bonds. The minimum atomic E-state index is -3.16. The SMILES string of the molecule is CN1CCCC1(C)CC1CS(=O)(=O)c2ccc(-c3cnsc3)cc21. The molecule has 0 saturated carbocycles. The Balaban J connectivity index is 1.73. The van der Waals surface area contributed by atoms with Gasteiger partial charge in [0.2, 0.25) is 0 Å². The van der Waals surface area contributed by atoms with E-state index in [2.05, 4.69) is 29.3 Å². The number of hydrogen-bond acceptors (Lipinski definition) is 5. The predicted molar refractivity (Wildman–Crippen MR) is 97.2 cm³/mol. The van der Waals surface area contributed by atoms with Crippen LogP contribution in [-0.2, 0) is 9.84 Å². The summed E-state index contributed by atoms with van der Waals surface area (Å²) in [5, 5.41) is 2.01. The van der Waals surface area contributed by atoms with Crippen molar-refractivity contribution in [1.29, 1.82) is 0 Å². The van der Waals surface area contributed by atoms with E-state index < -0.39 is 9.84 Å². The van der Waals surface area contributed by atoms with Crippen molar-refractivity contribution in [3.8, 4) is 11.1 Å². The van der Waals surface area contributed by atoms with Crippen LogP contribution in [0.1, 0.15) is 37.7 Å². The van der Waals surface area contributed by atoms with E-state index in [1.165, 1.54) is 18.0 Å². The van der Waals surface area contributed by atoms with Crippen molar-refractivity contribution in [3.05, 3.63) is 35.3 Å². The average Bonchev–Trinajstić information content (AvgIpc) is 3.22. The fourth-order valence-electron chi connectivity index (χ4n) is 4.24. The molecule has 3 heterocycles. The number of sulfone groups is 1. The molecular weight excluding hydrogens is 340 g/mol. The van der Waals surface area contributed by atoms with Crippen LogP contribution in [0, 0.1) is 0 Å². The van der Waals surface area contributed by atoms with Crippen molar-refractivity contribution in [2.45, 2.75) is 42.5 Å². The zero-order valence-corrected chi connectivity index (χ0v) is 15.7. The topological polar surface area (TPSA) is 50.3 Å². The lowest BCUT2D eigenvalue weighted by Gasteiger charge is -2.34. The Morgan fingerprint density at radius 1 is 1.38 bits per heavy atom. The minimum Gasteiger partial charge on any atom is -0.301 e. The normalized spacial score (nSPS) is 29.0. The Morgan fingerprint density at radius 2 is 2.21 bits per heavy atom. The largest absolute Gasteiger partial charge is 0.301 e. The Hall–Kier alpha value is -1.24. The molecule has 1 fully saturated rings. The van der Waals surface area contributed by atoms with Crippen molar-refractivity contribution in [1.82, 2.24) is 9.27 Å². The number of benzene rings is 1. The number of hydrogen-bond donors (Lipinski definition) is 0. The molecule has 2 aromatic rings. The lowest BCUT2D eigenvalue weighted by molar-refractivity contribution is 0.173. The van der Waals surface area contributed by atoms with Crippen molar-refractivity contribution in [2.75, 3.05) is 19.3 Å². The fraction of sp³-hybridized carbons (Fsp3) is 0.500. The number of likely N-dealkylation sites (tertiary alicyclic amines) is 1. The van der Waals surface area contributed by atoms with Gasteiger partial charge in [0, 0.05) is 28.6 Å². The van der Waals surface area contributed by atoms with E-state index in [9.17, 15) is 8.42 Å². The molecule has 0 aliphatic carbocycles. The molecule has 2 aliphatic heterocycles. The second kappa shape index (κ2) is 5.64. The molecule has 0 bridgehead atoms. The molecule has 24 heavy (non-hydrogen) atoms. The van der Waals surface area contributed by atoms with E-state index in [0.29, 0.717) is 4.90 Å². The Labute approximate surface area is 147 Å². The van der Waals surface area contributed by atoms with Crippen molar-refractivity contribution < 1.29 is 8.42 Å². The Kier molecular flexibility index (Phi) is 3.82. The molecule has 0 radical (unpaired) electrons. The number of nitrogens with zero attached hydrogens (tertiary/aromatic N) is 2. The number of rotatable bonds is 3. The van der Waals surface area contributed by atoms with Crippen molar-refractivity contribution in [2.24, 2.45) is 0 Å². The van der Waals surface area contributed by atoms with Crippen LogP contribution >= 0.6 is 11.5 Å². The second-order valence-corrected chi connectivity index (χ2v) is 10.0. The molecule has 1 aromatic heterocycles. The van der Waals surface area contributed by atoms with Gasteiger partial charge in [-0.15, -0.1) is 0 Å². The zero-order valence-electron chi connectivity index (χ0n) is 14.0. The maximum Gasteiger partial charge on any atom is 0.179 e. The third-order valence-corrected chi connectivity index (χ3v) is 8.26. The van der Waals surface area contributed by atoms with Gasteiger partial charge in [0.1, 0.15) is 0 Å². The van der Waals surface area contributed by atoms with E-state index >= 15 is 0 Å². The summed E-state index contributed by atoms with van der Waals surface area (Å²) >= 11 is 1.42. The van der Waals surface area contributed by atoms with Crippen LogP contribution in [0.25, 0.3) is 11.1 Å². The van der Waals surface area contributed by atoms with Gasteiger partial charge in [-0.2, -0.15) is 0 Å². The van der Waals surface area contributed by atoms with Gasteiger partial charge >= 0.3 is 0 Å². The van der Waals surface area contributed by atoms with Gasteiger partial charge in [-0.05, 0) is 74.6 Å². The molecule has 0 N–H and O–H groups in total. The summed E-state index contributed by atoms with van der Waals surface area (Å²) in [4.78, 5) is 2.92. The van der Waals surface area contributed by atoms with Crippen LogP contribution in [0.15, 0.2) is 34.7 Å². The smallest absolute Gasteiger partial charge is 0.179 e. The highest BCUT2D eigenvalue weighted by atomic mass is 32.2. The highest BCUT2D eigenvalue weighted by molar-refractivity contribution is 7.91. The van der Waals surface area contributed by atoms with Crippen LogP contribution in [0.4, 0.5) is 0 Å². The second-order valence-electron chi connectivity index (χ2n) is 7.37. The summed E-state index contributed by atoms with van der Waals surface area (Å²) in [5.74, 6) is 0.332. The van der Waals surface area contributed by atoms with Gasteiger partial charge in [0.15, 0.2) is 9.84 Å². The summed E-state index contributed by atoms with van der Waals surface area (Å²) in [6.45, 7) is 3.38. The summed E-state index contributed by atoms with van der Waals surface area (Å²) in [7, 11) is -1.00. The van der Waals surface area contributed by atoms with Crippen LogP contribution < -0.4 is 0 Å². The molecule has 2 atom stereocenters. The number of fused-ring (bicyclic) bond motifs is 1. The van der Waals surface area contributed by atoms with Crippen molar-refractivity contribution >= 4 is 21.4 Å². The summed E-state index contributed by atoms with van der Waals surface area (Å²) < 4.78 is 29.4. The molecular formula is C18H22N2O2S2. The lowest BCUT2D eigenvalue weighted by atomic mass is 9.83. The first-order chi connectivity index (χ1) is 11.4. The first kappa shape index (κ1) is 16.2. The molecule has 2 aliphatic rings. The molecule has 4 nitrogen and oxygen atoms in total. The monoisotopic (exact) mass is 362 g/mol. The highest BCUT2D eigenvalue weighted by Crippen LogP contribution is 2.44. The van der Waals surface area contributed by atoms with Gasteiger partial charge in [-0.1, -0.05) is 6.07 Å². The van der Waals surface area contributed by atoms with Crippen LogP contribution in [0.3, 0.4) is 0 Å². The zero-order chi connectivity index (χ0) is 16.9. The first-order valence-corrected chi connectivity index (χ1v) is 10.9.